The Bertz CT molecular complexity index is 335. The molecule has 2 N–H and O–H groups in total. The Morgan fingerprint density at radius 1 is 1.44 bits per heavy atom. The lowest BCUT2D eigenvalue weighted by molar-refractivity contribution is 0.569. The van der Waals surface area contributed by atoms with E-state index in [1.807, 2.05) is 0 Å². The van der Waals surface area contributed by atoms with Gasteiger partial charge in [-0.15, -0.1) is 0 Å². The minimum atomic E-state index is 0.673. The molecule has 0 bridgehead atoms. The first-order chi connectivity index (χ1) is 7.65. The van der Waals surface area contributed by atoms with Crippen LogP contribution in [0.25, 0.3) is 0 Å². The van der Waals surface area contributed by atoms with Crippen molar-refractivity contribution in [1.82, 2.24) is 15.3 Å². The number of imidazole rings is 1. The Labute approximate surface area is 98.1 Å². The van der Waals surface area contributed by atoms with E-state index in [1.54, 1.807) is 0 Å². The first kappa shape index (κ1) is 11.6. The Kier molecular flexibility index (Phi) is 3.64. The number of aromatic nitrogens is 2. The van der Waals surface area contributed by atoms with Crippen LogP contribution >= 0.6 is 0 Å². The molecule has 2 heterocycles. The van der Waals surface area contributed by atoms with Crippen molar-refractivity contribution in [3.05, 3.63) is 17.2 Å². The summed E-state index contributed by atoms with van der Waals surface area (Å²) in [5.74, 6) is 2.62. The van der Waals surface area contributed by atoms with E-state index >= 15 is 0 Å². The van der Waals surface area contributed by atoms with Crippen molar-refractivity contribution in [2.45, 2.75) is 40.0 Å². The molecule has 1 aromatic heterocycles. The molecule has 1 aromatic rings. The summed E-state index contributed by atoms with van der Waals surface area (Å²) >= 11 is 0. The highest BCUT2D eigenvalue weighted by atomic mass is 14.9. The fourth-order valence-corrected chi connectivity index (χ4v) is 2.41. The number of rotatable bonds is 4. The van der Waals surface area contributed by atoms with Crippen LogP contribution in [-0.2, 0) is 12.8 Å². The molecule has 16 heavy (non-hydrogen) atoms. The van der Waals surface area contributed by atoms with Gasteiger partial charge in [0.15, 0.2) is 0 Å². The Balaban J connectivity index is 2.00. The van der Waals surface area contributed by atoms with Gasteiger partial charge in [-0.25, -0.2) is 4.98 Å². The SMILES string of the molecule is Cc1[nH]c(CC(C)C)nc1CC1CCNC1. The predicted molar refractivity (Wildman–Crippen MR) is 66.5 cm³/mol. The average molecular weight is 221 g/mol. The monoisotopic (exact) mass is 221 g/mol. The number of H-pyrrole nitrogens is 1. The summed E-state index contributed by atoms with van der Waals surface area (Å²) in [6.07, 6.45) is 3.49. The third-order valence-corrected chi connectivity index (χ3v) is 3.28. The third kappa shape index (κ3) is 2.85. The number of hydrogen-bond acceptors (Lipinski definition) is 2. The van der Waals surface area contributed by atoms with Gasteiger partial charge in [0.2, 0.25) is 0 Å². The summed E-state index contributed by atoms with van der Waals surface area (Å²) in [6.45, 7) is 8.95. The summed E-state index contributed by atoms with van der Waals surface area (Å²) in [4.78, 5) is 8.15. The quantitative estimate of drug-likeness (QED) is 0.817. The van der Waals surface area contributed by atoms with Crippen LogP contribution in [0.1, 0.15) is 37.5 Å². The van der Waals surface area contributed by atoms with Crippen molar-refractivity contribution < 1.29 is 0 Å². The number of nitrogens with zero attached hydrogens (tertiary/aromatic N) is 1. The summed E-state index contributed by atoms with van der Waals surface area (Å²) < 4.78 is 0. The van der Waals surface area contributed by atoms with E-state index in [9.17, 15) is 0 Å². The largest absolute Gasteiger partial charge is 0.346 e. The molecule has 2 rings (SSSR count). The van der Waals surface area contributed by atoms with Gasteiger partial charge in [-0.05, 0) is 44.7 Å². The maximum absolute atomic E-state index is 4.73. The maximum atomic E-state index is 4.73. The molecule has 0 spiro atoms. The van der Waals surface area contributed by atoms with Crippen molar-refractivity contribution in [3.63, 3.8) is 0 Å². The van der Waals surface area contributed by atoms with Gasteiger partial charge in [0.05, 0.1) is 5.69 Å². The summed E-state index contributed by atoms with van der Waals surface area (Å²) in [5.41, 5.74) is 2.55. The number of nitrogens with one attached hydrogen (secondary N) is 2. The highest BCUT2D eigenvalue weighted by Gasteiger charge is 2.18. The van der Waals surface area contributed by atoms with E-state index in [0.717, 1.165) is 31.1 Å². The van der Waals surface area contributed by atoms with Crippen molar-refractivity contribution in [2.75, 3.05) is 13.1 Å². The lowest BCUT2D eigenvalue weighted by Gasteiger charge is -2.05. The normalized spacial score (nSPS) is 20.9. The van der Waals surface area contributed by atoms with Gasteiger partial charge in [-0.1, -0.05) is 13.8 Å². The number of aromatic amines is 1. The zero-order valence-electron chi connectivity index (χ0n) is 10.6. The second-order valence-corrected chi connectivity index (χ2v) is 5.42. The molecule has 1 atom stereocenters. The van der Waals surface area contributed by atoms with Gasteiger partial charge in [-0.2, -0.15) is 0 Å². The van der Waals surface area contributed by atoms with E-state index in [2.05, 4.69) is 31.1 Å². The zero-order chi connectivity index (χ0) is 11.5. The third-order valence-electron chi connectivity index (χ3n) is 3.28. The first-order valence-electron chi connectivity index (χ1n) is 6.40. The topological polar surface area (TPSA) is 40.7 Å². The molecule has 1 fully saturated rings. The molecule has 90 valence electrons. The van der Waals surface area contributed by atoms with E-state index < -0.39 is 0 Å². The van der Waals surface area contributed by atoms with Crippen molar-refractivity contribution in [1.29, 1.82) is 0 Å². The molecule has 0 saturated carbocycles. The lowest BCUT2D eigenvalue weighted by atomic mass is 10.0. The minimum absolute atomic E-state index is 0.673. The van der Waals surface area contributed by atoms with Gasteiger partial charge in [-0.3, -0.25) is 0 Å². The van der Waals surface area contributed by atoms with Crippen LogP contribution in [0.4, 0.5) is 0 Å². The van der Waals surface area contributed by atoms with Gasteiger partial charge in [0.25, 0.3) is 0 Å². The summed E-state index contributed by atoms with van der Waals surface area (Å²) in [7, 11) is 0. The summed E-state index contributed by atoms with van der Waals surface area (Å²) in [5, 5.41) is 3.41. The van der Waals surface area contributed by atoms with Crippen LogP contribution in [0, 0.1) is 18.8 Å². The molecule has 0 radical (unpaired) electrons. The Morgan fingerprint density at radius 2 is 2.25 bits per heavy atom. The highest BCUT2D eigenvalue weighted by molar-refractivity contribution is 5.14. The number of hydrogen-bond donors (Lipinski definition) is 2. The molecule has 0 aliphatic carbocycles. The van der Waals surface area contributed by atoms with Crippen molar-refractivity contribution in [2.24, 2.45) is 11.8 Å². The Hall–Kier alpha value is -0.830. The zero-order valence-corrected chi connectivity index (χ0v) is 10.6. The minimum Gasteiger partial charge on any atom is -0.346 e. The van der Waals surface area contributed by atoms with E-state index in [1.165, 1.54) is 24.4 Å². The molecule has 1 aliphatic heterocycles. The molecule has 1 saturated heterocycles. The predicted octanol–water partition coefficient (Wildman–Crippen LogP) is 2.07. The molecule has 1 aliphatic rings. The van der Waals surface area contributed by atoms with Crippen LogP contribution in [0.5, 0.6) is 0 Å². The van der Waals surface area contributed by atoms with Gasteiger partial charge < -0.3 is 10.3 Å². The Morgan fingerprint density at radius 3 is 2.88 bits per heavy atom. The second kappa shape index (κ2) is 5.00. The smallest absolute Gasteiger partial charge is 0.106 e. The van der Waals surface area contributed by atoms with E-state index in [-0.39, 0.29) is 0 Å². The fraction of sp³-hybridized carbons (Fsp3) is 0.769. The average Bonchev–Trinajstić information content (AvgIpc) is 2.77. The standard InChI is InChI=1S/C13H23N3/c1-9(2)6-13-15-10(3)12(16-13)7-11-4-5-14-8-11/h9,11,14H,4-8H2,1-3H3,(H,15,16). The second-order valence-electron chi connectivity index (χ2n) is 5.42. The van der Waals surface area contributed by atoms with Crippen LogP contribution in [0.3, 0.4) is 0 Å². The molecular formula is C13H23N3. The van der Waals surface area contributed by atoms with Crippen LogP contribution in [0.15, 0.2) is 0 Å². The molecule has 3 heteroatoms. The highest BCUT2D eigenvalue weighted by Crippen LogP contribution is 2.17. The van der Waals surface area contributed by atoms with Crippen molar-refractivity contribution >= 4 is 0 Å². The van der Waals surface area contributed by atoms with E-state index in [0.29, 0.717) is 5.92 Å². The lowest BCUT2D eigenvalue weighted by Crippen LogP contribution is -2.11. The molecule has 1 unspecified atom stereocenters. The molecule has 0 aromatic carbocycles. The molecule has 0 amide bonds. The molecular weight excluding hydrogens is 198 g/mol. The summed E-state index contributed by atoms with van der Waals surface area (Å²) in [6, 6.07) is 0. The van der Waals surface area contributed by atoms with Gasteiger partial charge in [0.1, 0.15) is 5.82 Å². The maximum Gasteiger partial charge on any atom is 0.106 e. The van der Waals surface area contributed by atoms with Gasteiger partial charge >= 0.3 is 0 Å². The fourth-order valence-electron chi connectivity index (χ4n) is 2.41. The van der Waals surface area contributed by atoms with Gasteiger partial charge in [0, 0.05) is 12.1 Å². The van der Waals surface area contributed by atoms with E-state index in [4.69, 9.17) is 4.98 Å². The van der Waals surface area contributed by atoms with Crippen LogP contribution in [-0.4, -0.2) is 23.1 Å². The molecule has 3 nitrogen and oxygen atoms in total. The van der Waals surface area contributed by atoms with Crippen molar-refractivity contribution in [3.8, 4) is 0 Å². The van der Waals surface area contributed by atoms with Crippen LogP contribution < -0.4 is 5.32 Å². The first-order valence-corrected chi connectivity index (χ1v) is 6.40. The van der Waals surface area contributed by atoms with Crippen LogP contribution in [0.2, 0.25) is 0 Å². The number of aryl methyl sites for hydroxylation is 1.